The molecule has 170 valence electrons. The molecule has 0 saturated heterocycles. The highest BCUT2D eigenvalue weighted by molar-refractivity contribution is 6.30. The van der Waals surface area contributed by atoms with Crippen LogP contribution in [-0.2, 0) is 17.9 Å². The summed E-state index contributed by atoms with van der Waals surface area (Å²) in [7, 11) is 1.65. The number of benzene rings is 2. The van der Waals surface area contributed by atoms with Gasteiger partial charge in [0.15, 0.2) is 0 Å². The summed E-state index contributed by atoms with van der Waals surface area (Å²) in [6.07, 6.45) is 3.10. The first kappa shape index (κ1) is 23.0. The number of unbranched alkanes of at least 4 members (excludes halogenated alkanes) is 1. The summed E-state index contributed by atoms with van der Waals surface area (Å²) < 4.78 is 7.26. The van der Waals surface area contributed by atoms with Gasteiger partial charge in [-0.25, -0.2) is 0 Å². The number of aromatic nitrogens is 2. The van der Waals surface area contributed by atoms with Gasteiger partial charge in [0, 0.05) is 30.8 Å². The Bertz CT molecular complexity index is 1180. The van der Waals surface area contributed by atoms with Crippen molar-refractivity contribution < 1.29 is 9.53 Å². The second-order valence-electron chi connectivity index (χ2n) is 8.38. The summed E-state index contributed by atoms with van der Waals surface area (Å²) in [5, 5.41) is 14.6. The molecule has 1 unspecified atom stereocenters. The molecule has 1 aromatic heterocycles. The van der Waals surface area contributed by atoms with Crippen molar-refractivity contribution in [3.8, 4) is 17.3 Å². The second-order valence-corrected chi connectivity index (χ2v) is 8.82. The van der Waals surface area contributed by atoms with Gasteiger partial charge in [-0.15, -0.1) is 0 Å². The molecule has 1 atom stereocenters. The van der Waals surface area contributed by atoms with Crippen molar-refractivity contribution in [1.29, 1.82) is 5.26 Å². The standard InChI is InChI=1S/C26H27ClN4O2/c1-3-4-5-22-16-30(15-19-8-6-18(14-28)7-9-19)26(32)25-13-24(29-31(22)25)23-11-10-21(27)12-20(23)17-33-2/h6-13,22H,3-5,15-17H2,1-2H3. The van der Waals surface area contributed by atoms with Crippen LogP contribution in [-0.4, -0.2) is 34.2 Å². The van der Waals surface area contributed by atoms with Crippen LogP contribution in [0, 0.1) is 11.3 Å². The van der Waals surface area contributed by atoms with Gasteiger partial charge in [0.2, 0.25) is 0 Å². The van der Waals surface area contributed by atoms with Gasteiger partial charge in [0.25, 0.3) is 5.91 Å². The van der Waals surface area contributed by atoms with Crippen LogP contribution < -0.4 is 0 Å². The lowest BCUT2D eigenvalue weighted by molar-refractivity contribution is 0.0635. The largest absolute Gasteiger partial charge is 0.380 e. The average molecular weight is 463 g/mol. The summed E-state index contributed by atoms with van der Waals surface area (Å²) >= 11 is 6.20. The Morgan fingerprint density at radius 2 is 2.00 bits per heavy atom. The molecule has 2 aromatic carbocycles. The van der Waals surface area contributed by atoms with E-state index in [-0.39, 0.29) is 11.9 Å². The smallest absolute Gasteiger partial charge is 0.272 e. The van der Waals surface area contributed by atoms with Crippen LogP contribution in [0.25, 0.3) is 11.3 Å². The van der Waals surface area contributed by atoms with Crippen LogP contribution in [0.15, 0.2) is 48.5 Å². The van der Waals surface area contributed by atoms with Crippen LogP contribution in [0.5, 0.6) is 0 Å². The molecule has 0 saturated carbocycles. The number of methoxy groups -OCH3 is 1. The van der Waals surface area contributed by atoms with Crippen LogP contribution >= 0.6 is 11.6 Å². The Hall–Kier alpha value is -3.14. The number of hydrogen-bond donors (Lipinski definition) is 0. The molecule has 1 aliphatic heterocycles. The maximum Gasteiger partial charge on any atom is 0.272 e. The molecule has 1 aliphatic rings. The zero-order valence-corrected chi connectivity index (χ0v) is 19.7. The molecule has 0 fully saturated rings. The molecule has 0 bridgehead atoms. The van der Waals surface area contributed by atoms with Gasteiger partial charge >= 0.3 is 0 Å². The van der Waals surface area contributed by atoms with Crippen molar-refractivity contribution in [3.05, 3.63) is 75.9 Å². The minimum Gasteiger partial charge on any atom is -0.380 e. The van der Waals surface area contributed by atoms with Crippen molar-refractivity contribution in [2.75, 3.05) is 13.7 Å². The quantitative estimate of drug-likeness (QED) is 0.436. The number of nitriles is 1. The fourth-order valence-corrected chi connectivity index (χ4v) is 4.52. The van der Waals surface area contributed by atoms with Gasteiger partial charge in [0.1, 0.15) is 5.69 Å². The Morgan fingerprint density at radius 1 is 1.21 bits per heavy atom. The van der Waals surface area contributed by atoms with Crippen molar-refractivity contribution in [3.63, 3.8) is 0 Å². The predicted octanol–water partition coefficient (Wildman–Crippen LogP) is 5.61. The first-order valence-corrected chi connectivity index (χ1v) is 11.6. The number of hydrogen-bond acceptors (Lipinski definition) is 4. The van der Waals surface area contributed by atoms with Gasteiger partial charge in [-0.2, -0.15) is 10.4 Å². The Morgan fingerprint density at radius 3 is 2.70 bits per heavy atom. The van der Waals surface area contributed by atoms with E-state index < -0.39 is 0 Å². The van der Waals surface area contributed by atoms with Gasteiger partial charge in [-0.1, -0.05) is 49.6 Å². The summed E-state index contributed by atoms with van der Waals surface area (Å²) in [5.74, 6) is -0.0342. The first-order chi connectivity index (χ1) is 16.0. The molecular weight excluding hydrogens is 436 g/mol. The van der Waals surface area contributed by atoms with Gasteiger partial charge in [0.05, 0.1) is 30.0 Å². The number of fused-ring (bicyclic) bond motifs is 1. The van der Waals surface area contributed by atoms with E-state index in [1.807, 2.05) is 46.0 Å². The van der Waals surface area contributed by atoms with E-state index in [0.29, 0.717) is 36.0 Å². The third-order valence-electron chi connectivity index (χ3n) is 6.01. The number of ether oxygens (including phenoxy) is 1. The number of carbonyl (C=O) groups is 1. The highest BCUT2D eigenvalue weighted by atomic mass is 35.5. The highest BCUT2D eigenvalue weighted by Gasteiger charge is 2.33. The number of nitrogens with zero attached hydrogens (tertiary/aromatic N) is 4. The molecule has 6 nitrogen and oxygen atoms in total. The first-order valence-electron chi connectivity index (χ1n) is 11.2. The monoisotopic (exact) mass is 462 g/mol. The summed E-state index contributed by atoms with van der Waals surface area (Å²) in [6.45, 7) is 3.70. The number of rotatable bonds is 8. The molecular formula is C26H27ClN4O2. The van der Waals surface area contributed by atoms with Crippen LogP contribution in [0.2, 0.25) is 5.02 Å². The van der Waals surface area contributed by atoms with Crippen molar-refractivity contribution in [2.24, 2.45) is 0 Å². The van der Waals surface area contributed by atoms with Crippen LogP contribution in [0.3, 0.4) is 0 Å². The number of halogens is 1. The lowest BCUT2D eigenvalue weighted by atomic mass is 10.0. The van der Waals surface area contributed by atoms with Gasteiger partial charge in [-0.3, -0.25) is 9.48 Å². The lowest BCUT2D eigenvalue weighted by Gasteiger charge is -2.33. The Kier molecular flexibility index (Phi) is 7.12. The Labute approximate surface area is 199 Å². The minimum absolute atomic E-state index is 0.0342. The van der Waals surface area contributed by atoms with E-state index in [9.17, 15) is 4.79 Å². The molecule has 3 aromatic rings. The minimum atomic E-state index is -0.0342. The molecule has 1 amide bonds. The molecule has 0 spiro atoms. The molecule has 33 heavy (non-hydrogen) atoms. The summed E-state index contributed by atoms with van der Waals surface area (Å²) in [4.78, 5) is 15.3. The number of carbonyl (C=O) groups excluding carboxylic acids is 1. The fraction of sp³-hybridized carbons (Fsp3) is 0.346. The predicted molar refractivity (Wildman–Crippen MR) is 128 cm³/mol. The maximum absolute atomic E-state index is 13.4. The summed E-state index contributed by atoms with van der Waals surface area (Å²) in [6, 6.07) is 17.2. The zero-order valence-electron chi connectivity index (χ0n) is 18.9. The van der Waals surface area contributed by atoms with Gasteiger partial charge in [-0.05, 0) is 47.9 Å². The van der Waals surface area contributed by atoms with E-state index in [1.54, 1.807) is 19.2 Å². The molecule has 0 radical (unpaired) electrons. The molecule has 2 heterocycles. The number of amides is 1. The maximum atomic E-state index is 13.4. The van der Waals surface area contributed by atoms with Crippen molar-refractivity contribution >= 4 is 17.5 Å². The molecule has 0 N–H and O–H groups in total. The van der Waals surface area contributed by atoms with E-state index in [1.165, 1.54) is 0 Å². The van der Waals surface area contributed by atoms with E-state index in [0.717, 1.165) is 41.6 Å². The lowest BCUT2D eigenvalue weighted by Crippen LogP contribution is -2.42. The van der Waals surface area contributed by atoms with E-state index in [4.69, 9.17) is 26.7 Å². The molecule has 7 heteroatoms. The van der Waals surface area contributed by atoms with Crippen molar-refractivity contribution in [1.82, 2.24) is 14.7 Å². The fourth-order valence-electron chi connectivity index (χ4n) is 4.32. The third kappa shape index (κ3) is 4.95. The van der Waals surface area contributed by atoms with Crippen LogP contribution in [0.1, 0.15) is 59.4 Å². The van der Waals surface area contributed by atoms with E-state index in [2.05, 4.69) is 13.0 Å². The molecule has 0 aliphatic carbocycles. The van der Waals surface area contributed by atoms with Crippen molar-refractivity contribution in [2.45, 2.75) is 45.4 Å². The summed E-state index contributed by atoms with van der Waals surface area (Å²) in [5.41, 5.74) is 4.83. The second kappa shape index (κ2) is 10.2. The third-order valence-corrected chi connectivity index (χ3v) is 6.24. The SMILES string of the molecule is CCCCC1CN(Cc2ccc(C#N)cc2)C(=O)c2cc(-c3ccc(Cl)cc3COC)nn21. The van der Waals surface area contributed by atoms with Gasteiger partial charge < -0.3 is 9.64 Å². The normalized spacial score (nSPS) is 15.4. The topological polar surface area (TPSA) is 71.2 Å². The zero-order chi connectivity index (χ0) is 23.4. The highest BCUT2D eigenvalue weighted by Crippen LogP contribution is 2.32. The average Bonchev–Trinajstić information content (AvgIpc) is 3.27. The molecule has 4 rings (SSSR count). The Balaban J connectivity index is 1.68. The van der Waals surface area contributed by atoms with E-state index >= 15 is 0 Å². The van der Waals surface area contributed by atoms with Crippen LogP contribution in [0.4, 0.5) is 0 Å².